The van der Waals surface area contributed by atoms with Gasteiger partial charge in [0, 0.05) is 0 Å². The molecule has 0 aliphatic carbocycles. The molecule has 0 bridgehead atoms. The normalized spacial score (nSPS) is 11.2. The molecule has 0 saturated carbocycles. The minimum atomic E-state index is -2.13. The van der Waals surface area contributed by atoms with Crippen molar-refractivity contribution in [3.05, 3.63) is 115 Å². The van der Waals surface area contributed by atoms with E-state index >= 15 is 0 Å². The van der Waals surface area contributed by atoms with Crippen LogP contribution in [0.25, 0.3) is 0 Å². The first-order valence-electron chi connectivity index (χ1n) is 8.65. The molecule has 0 radical (unpaired) electrons. The Labute approximate surface area is 154 Å². The van der Waals surface area contributed by atoms with Gasteiger partial charge >= 0.3 is 0 Å². The van der Waals surface area contributed by atoms with Crippen LogP contribution in [0.3, 0.4) is 0 Å². The summed E-state index contributed by atoms with van der Waals surface area (Å²) in [6, 6.07) is 39.1. The van der Waals surface area contributed by atoms with E-state index in [4.69, 9.17) is 0 Å². The highest BCUT2D eigenvalue weighted by Gasteiger charge is 2.47. The van der Waals surface area contributed by atoms with Crippen molar-refractivity contribution in [3.63, 3.8) is 0 Å². The standard InChI is InChI=1S/C24H19OP/c25-20-11-10-18-24(19-20)26(21-12-4-1-5-13-21,22-14-6-2-7-15-22)23-16-8-3-9-17-23/h1-19H. The predicted octanol–water partition coefficient (Wildman–Crippen LogP) is 3.38. The molecule has 0 saturated heterocycles. The second-order valence-electron chi connectivity index (χ2n) is 6.17. The van der Waals surface area contributed by atoms with E-state index in [1.807, 2.05) is 24.3 Å². The monoisotopic (exact) mass is 354 g/mol. The van der Waals surface area contributed by atoms with Crippen LogP contribution in [-0.4, -0.2) is 0 Å². The molecule has 0 heterocycles. The zero-order valence-corrected chi connectivity index (χ0v) is 15.2. The molecule has 126 valence electrons. The quantitative estimate of drug-likeness (QED) is 0.515. The summed E-state index contributed by atoms with van der Waals surface area (Å²) in [4.78, 5) is 0. The Kier molecular flexibility index (Phi) is 4.56. The van der Waals surface area contributed by atoms with Crippen molar-refractivity contribution in [3.8, 4) is 5.75 Å². The summed E-state index contributed by atoms with van der Waals surface area (Å²) < 4.78 is 0. The van der Waals surface area contributed by atoms with Crippen molar-refractivity contribution >= 4 is 28.5 Å². The van der Waals surface area contributed by atoms with E-state index in [0.717, 1.165) is 5.30 Å². The van der Waals surface area contributed by atoms with Gasteiger partial charge < -0.3 is 5.11 Å². The van der Waals surface area contributed by atoms with Crippen molar-refractivity contribution in [1.29, 1.82) is 0 Å². The van der Waals surface area contributed by atoms with Crippen LogP contribution in [0.5, 0.6) is 5.75 Å². The van der Waals surface area contributed by atoms with E-state index in [-0.39, 0.29) is 5.75 Å². The Morgan fingerprint density at radius 2 is 0.808 bits per heavy atom. The van der Waals surface area contributed by atoms with Crippen LogP contribution < -0.4 is 26.3 Å². The molecule has 0 amide bonds. The second-order valence-corrected chi connectivity index (χ2v) is 9.58. The fraction of sp³-hybridized carbons (Fsp3) is 0. The van der Waals surface area contributed by atoms with Crippen LogP contribution >= 0.6 is 7.26 Å². The van der Waals surface area contributed by atoms with Crippen LogP contribution in [0.15, 0.2) is 115 Å². The molecule has 0 aliphatic rings. The van der Waals surface area contributed by atoms with Crippen molar-refractivity contribution in [2.75, 3.05) is 0 Å². The maximum atomic E-state index is 12.2. The van der Waals surface area contributed by atoms with Crippen molar-refractivity contribution in [2.45, 2.75) is 0 Å². The Hall–Kier alpha value is -2.89. The average Bonchev–Trinajstić information content (AvgIpc) is 2.71. The lowest BCUT2D eigenvalue weighted by Gasteiger charge is -2.28. The molecule has 0 aromatic heterocycles. The van der Waals surface area contributed by atoms with Gasteiger partial charge in [-0.25, -0.2) is 0 Å². The van der Waals surface area contributed by atoms with Crippen molar-refractivity contribution in [1.82, 2.24) is 0 Å². The maximum absolute atomic E-state index is 12.2. The Morgan fingerprint density at radius 1 is 0.423 bits per heavy atom. The lowest BCUT2D eigenvalue weighted by molar-refractivity contribution is -0.268. The number of hydrogen-bond donors (Lipinski definition) is 0. The summed E-state index contributed by atoms with van der Waals surface area (Å²) in [7, 11) is -2.13. The summed E-state index contributed by atoms with van der Waals surface area (Å²) >= 11 is 0. The van der Waals surface area contributed by atoms with E-state index in [2.05, 4.69) is 78.9 Å². The molecule has 0 spiro atoms. The summed E-state index contributed by atoms with van der Waals surface area (Å²) in [6.07, 6.45) is 0. The number of hydrogen-bond acceptors (Lipinski definition) is 1. The van der Waals surface area contributed by atoms with Crippen LogP contribution in [0.4, 0.5) is 0 Å². The molecule has 4 rings (SSSR count). The van der Waals surface area contributed by atoms with Gasteiger partial charge in [0.15, 0.2) is 0 Å². The molecule has 0 aliphatic heterocycles. The summed E-state index contributed by atoms with van der Waals surface area (Å²) in [5.41, 5.74) is 0. The first kappa shape index (κ1) is 16.6. The third-order valence-electron chi connectivity index (χ3n) is 4.64. The van der Waals surface area contributed by atoms with Crippen LogP contribution in [-0.2, 0) is 0 Å². The van der Waals surface area contributed by atoms with Gasteiger partial charge in [-0.15, -0.1) is 5.75 Å². The molecule has 0 N–H and O–H groups in total. The Morgan fingerprint density at radius 3 is 1.19 bits per heavy atom. The first-order chi connectivity index (χ1) is 12.8. The van der Waals surface area contributed by atoms with Gasteiger partial charge in [-0.3, -0.25) is 0 Å². The third-order valence-corrected chi connectivity index (χ3v) is 8.91. The maximum Gasteiger partial charge on any atom is 0.144 e. The second kappa shape index (κ2) is 7.15. The molecule has 2 heteroatoms. The average molecular weight is 354 g/mol. The predicted molar refractivity (Wildman–Crippen MR) is 111 cm³/mol. The van der Waals surface area contributed by atoms with Crippen LogP contribution in [0, 0.1) is 0 Å². The van der Waals surface area contributed by atoms with E-state index in [0.29, 0.717) is 0 Å². The van der Waals surface area contributed by atoms with E-state index < -0.39 is 7.26 Å². The van der Waals surface area contributed by atoms with E-state index in [1.165, 1.54) is 15.9 Å². The highest BCUT2D eigenvalue weighted by Crippen LogP contribution is 2.54. The van der Waals surface area contributed by atoms with Crippen molar-refractivity contribution in [2.24, 2.45) is 0 Å². The largest absolute Gasteiger partial charge is 0.872 e. The SMILES string of the molecule is [O-]c1cccc([P+](c2ccccc2)(c2ccccc2)c2ccccc2)c1. The third kappa shape index (κ3) is 2.81. The Balaban J connectivity index is 2.14. The molecule has 4 aromatic carbocycles. The zero-order chi connectivity index (χ0) is 17.8. The topological polar surface area (TPSA) is 23.1 Å². The zero-order valence-electron chi connectivity index (χ0n) is 14.3. The molecule has 26 heavy (non-hydrogen) atoms. The lowest BCUT2D eigenvalue weighted by atomic mass is 10.3. The number of rotatable bonds is 4. The smallest absolute Gasteiger partial charge is 0.144 e. The van der Waals surface area contributed by atoms with Crippen LogP contribution in [0.1, 0.15) is 0 Å². The van der Waals surface area contributed by atoms with Gasteiger partial charge in [-0.2, -0.15) is 0 Å². The van der Waals surface area contributed by atoms with Gasteiger partial charge in [-0.1, -0.05) is 66.7 Å². The summed E-state index contributed by atoms with van der Waals surface area (Å²) in [5, 5.41) is 17.1. The van der Waals surface area contributed by atoms with Gasteiger partial charge in [0.25, 0.3) is 0 Å². The Bertz CT molecular complexity index is 885. The molecule has 1 nitrogen and oxygen atoms in total. The van der Waals surface area contributed by atoms with E-state index in [9.17, 15) is 5.11 Å². The highest BCUT2D eigenvalue weighted by atomic mass is 31.2. The summed E-state index contributed by atoms with van der Waals surface area (Å²) in [5.74, 6) is 0.0506. The molecule has 4 aromatic rings. The fourth-order valence-electron chi connectivity index (χ4n) is 3.54. The minimum absolute atomic E-state index is 0.0506. The molecular weight excluding hydrogens is 335 g/mol. The van der Waals surface area contributed by atoms with Gasteiger partial charge in [-0.05, 0) is 48.5 Å². The molecule has 0 unspecified atom stereocenters. The first-order valence-corrected chi connectivity index (χ1v) is 10.4. The van der Waals surface area contributed by atoms with Crippen LogP contribution in [0.2, 0.25) is 0 Å². The molecule has 0 atom stereocenters. The lowest BCUT2D eigenvalue weighted by Crippen LogP contribution is -2.38. The minimum Gasteiger partial charge on any atom is -0.872 e. The van der Waals surface area contributed by atoms with Gasteiger partial charge in [0.2, 0.25) is 0 Å². The summed E-state index contributed by atoms with van der Waals surface area (Å²) in [6.45, 7) is 0. The molecule has 0 fully saturated rings. The van der Waals surface area contributed by atoms with Crippen molar-refractivity contribution < 1.29 is 5.11 Å². The number of benzene rings is 4. The molecular formula is C24H19OP. The highest BCUT2D eigenvalue weighted by molar-refractivity contribution is 8.01. The van der Waals surface area contributed by atoms with Gasteiger partial charge in [0.05, 0.1) is 0 Å². The van der Waals surface area contributed by atoms with Gasteiger partial charge in [0.1, 0.15) is 28.5 Å². The van der Waals surface area contributed by atoms with E-state index in [1.54, 1.807) is 12.1 Å². The fourth-order valence-corrected chi connectivity index (χ4v) is 7.82.